The second-order valence-corrected chi connectivity index (χ2v) is 10.7. The summed E-state index contributed by atoms with van der Waals surface area (Å²) in [5, 5.41) is 25.4. The second-order valence-electron chi connectivity index (χ2n) is 9.81. The van der Waals surface area contributed by atoms with Crippen molar-refractivity contribution in [2.45, 2.75) is 43.7 Å². The van der Waals surface area contributed by atoms with Gasteiger partial charge < -0.3 is 21.3 Å². The molecular weight excluding hydrogens is 591 g/mol. The van der Waals surface area contributed by atoms with E-state index in [0.717, 1.165) is 41.1 Å². The molecule has 5 N–H and O–H groups in total. The number of fused-ring (bicyclic) bond motifs is 1. The predicted molar refractivity (Wildman–Crippen MR) is 147 cm³/mol. The highest BCUT2D eigenvalue weighted by atomic mass is 79.9. The summed E-state index contributed by atoms with van der Waals surface area (Å²) >= 11 is 3.37. The van der Waals surface area contributed by atoms with Crippen LogP contribution >= 0.6 is 15.9 Å². The van der Waals surface area contributed by atoms with Crippen molar-refractivity contribution in [3.8, 4) is 0 Å². The molecule has 12 heteroatoms. The number of nitrogen functional groups attached to an aromatic ring is 1. The maximum Gasteiger partial charge on any atom is 0.417 e. The molecule has 1 fully saturated rings. The summed E-state index contributed by atoms with van der Waals surface area (Å²) in [5.74, 6) is -0.813. The molecule has 4 atom stereocenters. The van der Waals surface area contributed by atoms with Gasteiger partial charge in [0.05, 0.1) is 33.3 Å². The lowest BCUT2D eigenvalue weighted by Gasteiger charge is -2.20. The first kappa shape index (κ1) is 27.9. The first-order valence-corrected chi connectivity index (χ1v) is 13.3. The minimum absolute atomic E-state index is 0.0155. The van der Waals surface area contributed by atoms with Crippen LogP contribution in [0.1, 0.15) is 39.9 Å². The van der Waals surface area contributed by atoms with Crippen LogP contribution in [0.5, 0.6) is 0 Å². The fraction of sp³-hybridized carbons (Fsp3) is 0.286. The van der Waals surface area contributed by atoms with Gasteiger partial charge in [0, 0.05) is 17.1 Å². The van der Waals surface area contributed by atoms with Crippen LogP contribution in [0.4, 0.5) is 24.8 Å². The summed E-state index contributed by atoms with van der Waals surface area (Å²) in [6, 6.07) is 11.5. The number of benzene rings is 2. The van der Waals surface area contributed by atoms with Gasteiger partial charge in [-0.05, 0) is 64.9 Å². The number of hydrogen-bond donors (Lipinski definition) is 4. The van der Waals surface area contributed by atoms with Crippen molar-refractivity contribution in [3.05, 3.63) is 87.8 Å². The summed E-state index contributed by atoms with van der Waals surface area (Å²) < 4.78 is 41.3. The van der Waals surface area contributed by atoms with Gasteiger partial charge in [-0.25, -0.2) is 15.0 Å². The number of hydrogen-bond acceptors (Lipinski definition) is 8. The van der Waals surface area contributed by atoms with Crippen LogP contribution in [0.3, 0.4) is 0 Å². The first-order chi connectivity index (χ1) is 19.0. The molecule has 2 heterocycles. The number of rotatable bonds is 7. The Morgan fingerprint density at radius 2 is 1.88 bits per heavy atom. The molecular formula is C28H25BrF3N5O3. The van der Waals surface area contributed by atoms with Gasteiger partial charge in [-0.2, -0.15) is 13.2 Å². The Labute approximate surface area is 235 Å². The van der Waals surface area contributed by atoms with Crippen LogP contribution in [-0.4, -0.2) is 49.2 Å². The van der Waals surface area contributed by atoms with Crippen LogP contribution < -0.4 is 11.1 Å². The van der Waals surface area contributed by atoms with E-state index in [2.05, 4.69) is 36.2 Å². The lowest BCUT2D eigenvalue weighted by Crippen LogP contribution is -2.35. The van der Waals surface area contributed by atoms with Gasteiger partial charge in [-0.1, -0.05) is 30.3 Å². The Hall–Kier alpha value is -3.61. The number of aliphatic hydroxyl groups is 2. The summed E-state index contributed by atoms with van der Waals surface area (Å²) in [7, 11) is 0. The van der Waals surface area contributed by atoms with E-state index in [9.17, 15) is 28.2 Å². The van der Waals surface area contributed by atoms with E-state index in [-0.39, 0.29) is 17.3 Å². The van der Waals surface area contributed by atoms with E-state index in [1.807, 2.05) is 24.3 Å². The molecule has 1 aliphatic rings. The number of ketones is 1. The molecule has 208 valence electrons. The van der Waals surface area contributed by atoms with Crippen molar-refractivity contribution in [2.75, 3.05) is 11.1 Å². The Bertz CT molecular complexity index is 1570. The number of pyridine rings is 1. The number of aliphatic hydroxyl groups excluding tert-OH is 2. The van der Waals surface area contributed by atoms with E-state index in [1.165, 1.54) is 12.1 Å². The number of aromatic nitrogens is 3. The molecule has 2 aromatic heterocycles. The molecule has 0 aliphatic heterocycles. The molecule has 0 spiro atoms. The minimum Gasteiger partial charge on any atom is -0.390 e. The number of anilines is 2. The highest BCUT2D eigenvalue weighted by Crippen LogP contribution is 2.35. The molecule has 0 saturated heterocycles. The van der Waals surface area contributed by atoms with Crippen molar-refractivity contribution in [1.29, 1.82) is 0 Å². The topological polar surface area (TPSA) is 134 Å². The van der Waals surface area contributed by atoms with E-state index in [4.69, 9.17) is 5.73 Å². The van der Waals surface area contributed by atoms with Gasteiger partial charge in [0.1, 0.15) is 24.1 Å². The van der Waals surface area contributed by atoms with Gasteiger partial charge in [0.2, 0.25) is 0 Å². The molecule has 0 amide bonds. The third-order valence-electron chi connectivity index (χ3n) is 7.22. The first-order valence-electron chi connectivity index (χ1n) is 12.5. The van der Waals surface area contributed by atoms with Crippen molar-refractivity contribution >= 4 is 44.3 Å². The van der Waals surface area contributed by atoms with Crippen LogP contribution in [0.25, 0.3) is 10.9 Å². The molecule has 4 aromatic rings. The Balaban J connectivity index is 1.30. The number of carbonyl (C=O) groups is 1. The Morgan fingerprint density at radius 1 is 1.10 bits per heavy atom. The number of nitrogens with two attached hydrogens (primary N) is 1. The van der Waals surface area contributed by atoms with E-state index >= 15 is 0 Å². The van der Waals surface area contributed by atoms with Crippen LogP contribution in [0.15, 0.2) is 65.5 Å². The maximum absolute atomic E-state index is 13.5. The average Bonchev–Trinajstić information content (AvgIpc) is 3.19. The smallest absolute Gasteiger partial charge is 0.390 e. The lowest BCUT2D eigenvalue weighted by molar-refractivity contribution is -0.137. The van der Waals surface area contributed by atoms with Gasteiger partial charge in [0.25, 0.3) is 0 Å². The normalized spacial score (nSPS) is 21.1. The largest absolute Gasteiger partial charge is 0.417 e. The molecule has 0 unspecified atom stereocenters. The fourth-order valence-electron chi connectivity index (χ4n) is 5.12. The molecule has 0 bridgehead atoms. The number of nitrogens with one attached hydrogen (secondary N) is 1. The predicted octanol–water partition coefficient (Wildman–Crippen LogP) is 4.77. The zero-order valence-corrected chi connectivity index (χ0v) is 22.5. The van der Waals surface area contributed by atoms with E-state index in [0.29, 0.717) is 29.6 Å². The van der Waals surface area contributed by atoms with Crippen molar-refractivity contribution < 1.29 is 28.2 Å². The average molecular weight is 616 g/mol. The molecule has 8 nitrogen and oxygen atoms in total. The van der Waals surface area contributed by atoms with Crippen molar-refractivity contribution in [2.24, 2.45) is 5.92 Å². The third-order valence-corrected chi connectivity index (χ3v) is 7.86. The standard InChI is InChI=1S/C28H25BrF3N5O3/c29-20-10-15-7-5-14(9-21(15)36-26(20)33)6-8-16-11-22(25(40)23(16)38)37-27-18(12-34-13-35-27)24(39)17-3-1-2-4-19(17)28(30,31)32/h1-5,7,9-10,12-13,16,22-23,25,38,40H,6,8,11H2,(H2,33,36)(H,34,35,37)/t16-,22+,23+,25-/m0/s1. The van der Waals surface area contributed by atoms with Crippen molar-refractivity contribution in [3.63, 3.8) is 0 Å². The van der Waals surface area contributed by atoms with Crippen LogP contribution in [0, 0.1) is 5.92 Å². The van der Waals surface area contributed by atoms with Gasteiger partial charge >= 0.3 is 6.18 Å². The van der Waals surface area contributed by atoms with Crippen LogP contribution in [0.2, 0.25) is 0 Å². The number of halogens is 4. The monoisotopic (exact) mass is 615 g/mol. The molecule has 40 heavy (non-hydrogen) atoms. The SMILES string of the molecule is Nc1nc2cc(CC[C@H]3C[C@@H](Nc4ncncc4C(=O)c4ccccc4C(F)(F)F)[C@H](O)[C@@H]3O)ccc2cc1Br. The fourth-order valence-corrected chi connectivity index (χ4v) is 5.46. The number of carbonyl (C=O) groups excluding carboxylic acids is 1. The third kappa shape index (κ3) is 5.65. The van der Waals surface area contributed by atoms with Gasteiger partial charge in [-0.3, -0.25) is 4.79 Å². The number of alkyl halides is 3. The molecule has 2 aromatic carbocycles. The molecule has 1 saturated carbocycles. The van der Waals surface area contributed by atoms with Crippen molar-refractivity contribution in [1.82, 2.24) is 15.0 Å². The quantitative estimate of drug-likeness (QED) is 0.218. The maximum atomic E-state index is 13.5. The van der Waals surface area contributed by atoms with E-state index in [1.54, 1.807) is 0 Å². The van der Waals surface area contributed by atoms with Gasteiger partial charge in [0.15, 0.2) is 5.78 Å². The summed E-state index contributed by atoms with van der Waals surface area (Å²) in [5.41, 5.74) is 5.88. The highest BCUT2D eigenvalue weighted by Gasteiger charge is 2.42. The highest BCUT2D eigenvalue weighted by molar-refractivity contribution is 9.10. The number of nitrogens with zero attached hydrogens (tertiary/aromatic N) is 3. The molecule has 5 rings (SSSR count). The lowest BCUT2D eigenvalue weighted by atomic mass is 9.95. The summed E-state index contributed by atoms with van der Waals surface area (Å²) in [6.07, 6.45) is -3.13. The Kier molecular flexibility index (Phi) is 7.76. The molecule has 0 radical (unpaired) electrons. The summed E-state index contributed by atoms with van der Waals surface area (Å²) in [6.45, 7) is 0. The second kappa shape index (κ2) is 11.1. The van der Waals surface area contributed by atoms with Gasteiger partial charge in [-0.15, -0.1) is 0 Å². The zero-order valence-electron chi connectivity index (χ0n) is 20.9. The van der Waals surface area contributed by atoms with Crippen LogP contribution in [-0.2, 0) is 12.6 Å². The Morgan fingerprint density at radius 3 is 2.65 bits per heavy atom. The van der Waals surface area contributed by atoms with E-state index < -0.39 is 41.3 Å². The summed E-state index contributed by atoms with van der Waals surface area (Å²) in [4.78, 5) is 25.4. The minimum atomic E-state index is -4.72. The number of aryl methyl sites for hydroxylation is 1. The zero-order chi connectivity index (χ0) is 28.6. The molecule has 1 aliphatic carbocycles.